The molecule has 0 spiro atoms. The van der Waals surface area contributed by atoms with Crippen molar-refractivity contribution in [1.82, 2.24) is 30.2 Å². The van der Waals surface area contributed by atoms with E-state index in [0.717, 1.165) is 27.8 Å². The first-order chi connectivity index (χ1) is 50.7. The number of Topliss-reactive ketones (excluding diaryl/α,β-unsaturated/α-hetero) is 2. The number of likely N-dealkylation sites (tertiary alicyclic amines) is 2. The fourth-order valence-electron chi connectivity index (χ4n) is 14.0. The van der Waals surface area contributed by atoms with Crippen LogP contribution in [0.25, 0.3) is 11.1 Å². The molecule has 562 valence electrons. The third-order valence-electron chi connectivity index (χ3n) is 20.4. The Kier molecular flexibility index (Phi) is 25.9. The molecule has 4 aromatic rings. The molecule has 0 bridgehead atoms. The van der Waals surface area contributed by atoms with Crippen molar-refractivity contribution in [1.29, 1.82) is 0 Å². The topological polar surface area (TPSA) is 318 Å². The van der Waals surface area contributed by atoms with Gasteiger partial charge in [0.05, 0.1) is 67.0 Å². The molecule has 0 radical (unpaired) electrons. The number of anilines is 2. The molecule has 6 aliphatic heterocycles. The summed E-state index contributed by atoms with van der Waals surface area (Å²) in [5.41, 5.74) is 7.01. The molecule has 4 aromatic carbocycles. The molecule has 0 saturated carbocycles. The van der Waals surface area contributed by atoms with E-state index in [1.807, 2.05) is 71.3 Å². The number of nitrogens with zero attached hydrogens (tertiary/aromatic N) is 6. The molecule has 10 amide bonds. The van der Waals surface area contributed by atoms with Gasteiger partial charge in [0.1, 0.15) is 5.75 Å². The molecule has 8 atom stereocenters. The van der Waals surface area contributed by atoms with Crippen molar-refractivity contribution in [2.24, 2.45) is 45.5 Å². The van der Waals surface area contributed by atoms with E-state index in [1.54, 1.807) is 98.5 Å². The lowest BCUT2D eigenvalue weighted by Crippen LogP contribution is -2.45. The molecule has 10 rings (SSSR count). The third kappa shape index (κ3) is 19.0. The largest absolute Gasteiger partial charge is 0.493 e. The van der Waals surface area contributed by atoms with Crippen LogP contribution in [0.2, 0.25) is 0 Å². The third-order valence-corrected chi connectivity index (χ3v) is 20.4. The van der Waals surface area contributed by atoms with Gasteiger partial charge in [0, 0.05) is 143 Å². The van der Waals surface area contributed by atoms with E-state index in [1.165, 1.54) is 16.9 Å². The second-order valence-corrected chi connectivity index (χ2v) is 29.5. The number of aliphatic imine (C=N–C) groups is 2. The number of ketones is 2. The Balaban J connectivity index is 0.642. The maximum atomic E-state index is 14.2. The van der Waals surface area contributed by atoms with Gasteiger partial charge in [0.25, 0.3) is 11.8 Å². The first kappa shape index (κ1) is 78.1. The van der Waals surface area contributed by atoms with E-state index in [2.05, 4.69) is 21.3 Å². The van der Waals surface area contributed by atoms with E-state index >= 15 is 0 Å². The minimum Gasteiger partial charge on any atom is -0.493 e. The number of imide groups is 2. The highest BCUT2D eigenvalue weighted by molar-refractivity contribution is 6.08. The average Bonchev–Trinajstić information content (AvgIpc) is 1.62. The predicted molar refractivity (Wildman–Crippen MR) is 400 cm³/mol. The van der Waals surface area contributed by atoms with Gasteiger partial charge in [-0.15, -0.1) is 0 Å². The van der Waals surface area contributed by atoms with Gasteiger partial charge in [-0.3, -0.25) is 77.3 Å². The van der Waals surface area contributed by atoms with Crippen molar-refractivity contribution < 1.29 is 71.7 Å². The van der Waals surface area contributed by atoms with Crippen LogP contribution in [-0.4, -0.2) is 160 Å². The molecule has 25 heteroatoms. The number of carbonyl (C=O) groups is 12. The monoisotopic (exact) mass is 1450 g/mol. The molecule has 2 fully saturated rings. The van der Waals surface area contributed by atoms with Gasteiger partial charge in [-0.1, -0.05) is 92.5 Å². The fraction of sp³-hybridized carbons (Fsp3) is 0.481. The minimum atomic E-state index is -0.768. The van der Waals surface area contributed by atoms with E-state index < -0.39 is 23.9 Å². The molecule has 6 heterocycles. The number of fused-ring (bicyclic) bond motifs is 4. The van der Waals surface area contributed by atoms with Crippen LogP contribution in [0.3, 0.4) is 0 Å². The summed E-state index contributed by atoms with van der Waals surface area (Å²) < 4.78 is 18.2. The van der Waals surface area contributed by atoms with Crippen LogP contribution < -0.4 is 35.5 Å². The van der Waals surface area contributed by atoms with E-state index in [4.69, 9.17) is 24.2 Å². The van der Waals surface area contributed by atoms with Gasteiger partial charge in [-0.05, 0) is 109 Å². The summed E-state index contributed by atoms with van der Waals surface area (Å²) in [4.78, 5) is 172. The number of hydrogen-bond donors (Lipinski definition) is 4. The van der Waals surface area contributed by atoms with E-state index in [9.17, 15) is 57.5 Å². The second-order valence-electron chi connectivity index (χ2n) is 29.5. The van der Waals surface area contributed by atoms with Gasteiger partial charge in [0.2, 0.25) is 47.3 Å². The van der Waals surface area contributed by atoms with Crippen molar-refractivity contribution in [3.05, 3.63) is 113 Å². The van der Waals surface area contributed by atoms with Crippen LogP contribution in [0.15, 0.2) is 95.2 Å². The number of benzene rings is 4. The van der Waals surface area contributed by atoms with Crippen molar-refractivity contribution in [2.75, 3.05) is 44.0 Å². The van der Waals surface area contributed by atoms with Crippen LogP contribution in [-0.2, 0) is 47.9 Å². The summed E-state index contributed by atoms with van der Waals surface area (Å²) >= 11 is 0. The summed E-state index contributed by atoms with van der Waals surface area (Å²) in [6.07, 6.45) is 12.9. The summed E-state index contributed by atoms with van der Waals surface area (Å²) in [6.45, 7) is 17.3. The number of methoxy groups -OCH3 is 1. The zero-order chi connectivity index (χ0) is 76.2. The second kappa shape index (κ2) is 35.1. The smallest absolute Gasteiger partial charge is 0.260 e. The molecule has 4 N–H and O–H groups in total. The van der Waals surface area contributed by atoms with Crippen molar-refractivity contribution >= 4 is 117 Å². The normalized spacial score (nSPS) is 19.2. The zero-order valence-corrected chi connectivity index (χ0v) is 62.3. The summed E-state index contributed by atoms with van der Waals surface area (Å²) in [5.74, 6) is -3.86. The number of ether oxygens (including phenoxy) is 3. The lowest BCUT2D eigenvalue weighted by molar-refractivity contribution is -0.140. The van der Waals surface area contributed by atoms with Crippen LogP contribution in [0, 0.1) is 42.4 Å². The van der Waals surface area contributed by atoms with Crippen molar-refractivity contribution in [3.8, 4) is 17.2 Å². The number of rotatable bonds is 35. The number of hydrogen-bond acceptors (Lipinski definition) is 17. The predicted octanol–water partition coefficient (Wildman–Crippen LogP) is 11.1. The zero-order valence-electron chi connectivity index (χ0n) is 62.3. The minimum absolute atomic E-state index is 0.0727. The molecule has 2 saturated heterocycles. The van der Waals surface area contributed by atoms with E-state index in [-0.39, 0.29) is 158 Å². The Morgan fingerprint density at radius 3 is 1.33 bits per heavy atom. The summed E-state index contributed by atoms with van der Waals surface area (Å²) in [5, 5.41) is 11.5. The van der Waals surface area contributed by atoms with Gasteiger partial charge < -0.3 is 45.3 Å². The Labute approximate surface area is 618 Å². The molecule has 0 aromatic heterocycles. The van der Waals surface area contributed by atoms with Crippen LogP contribution in [0.5, 0.6) is 17.2 Å². The Morgan fingerprint density at radius 1 is 0.509 bits per heavy atom. The molecule has 25 nitrogen and oxygen atoms in total. The number of nitrogens with one attached hydrogen (secondary N) is 4. The van der Waals surface area contributed by atoms with Gasteiger partial charge in [-0.25, -0.2) is 0 Å². The van der Waals surface area contributed by atoms with Crippen LogP contribution in [0.4, 0.5) is 22.7 Å². The fourth-order valence-corrected chi connectivity index (χ4v) is 14.0. The van der Waals surface area contributed by atoms with Crippen LogP contribution in [0.1, 0.15) is 189 Å². The van der Waals surface area contributed by atoms with Crippen molar-refractivity contribution in [2.45, 2.75) is 183 Å². The Morgan fingerprint density at radius 2 is 0.925 bits per heavy atom. The molecule has 106 heavy (non-hydrogen) atoms. The Bertz CT molecular complexity index is 4200. The van der Waals surface area contributed by atoms with Crippen LogP contribution >= 0.6 is 0 Å². The van der Waals surface area contributed by atoms with Gasteiger partial charge in [-0.2, -0.15) is 0 Å². The number of aryl methyl sites for hydroxylation is 1. The standard InChI is InChI=1S/C81H98N10O15/c1-46(2)74(86-70(94)18-13-11-15-28-88-72(96)35-51(8)78(88)100)65(92)33-49(6)76(98)84-57-24-20-53(21-25-57)55-37-59-42-82-63-40-67(48(5)32-61(63)80(102)90(59)44-55)105-30-17-31-106-69-41-64-62(39-68(69)104-10)81(103)91-45-56(38-60(91)43-83-64)54-22-26-58(27-23-54)85-77(99)50(7)34-66(93)75(47(3)4)87-71(95)19-14-12-16-29-89-73(97)36-52(9)79(89)101/h20-27,32,39-47,49-52,59-60,74-75H,11-19,28-31,33-38H2,1-10H3,(H,84,98)(H,85,99)(H,86,94)(H,87,95)/t49-,50-,51?,52?,59+,60+,74+,75+/m1/s1. The molecule has 6 aliphatic rings. The Hall–Kier alpha value is -10.5. The lowest BCUT2D eigenvalue weighted by Gasteiger charge is -2.23. The number of amides is 10. The van der Waals surface area contributed by atoms with Crippen molar-refractivity contribution in [3.63, 3.8) is 0 Å². The summed E-state index contributed by atoms with van der Waals surface area (Å²) in [6, 6.07) is 19.2. The maximum Gasteiger partial charge on any atom is 0.260 e. The maximum absolute atomic E-state index is 14.2. The van der Waals surface area contributed by atoms with E-state index in [0.29, 0.717) is 122 Å². The number of unbranched alkanes of at least 4 members (excludes halogenated alkanes) is 4. The molecule has 2 unspecified atom stereocenters. The quantitative estimate of drug-likeness (QED) is 0.0246. The van der Waals surface area contributed by atoms with Gasteiger partial charge in [0.15, 0.2) is 23.1 Å². The highest BCUT2D eigenvalue weighted by Crippen LogP contribution is 2.42. The number of carbonyl (C=O) groups excluding carboxylic acids is 12. The highest BCUT2D eigenvalue weighted by Gasteiger charge is 2.39. The van der Waals surface area contributed by atoms with Gasteiger partial charge >= 0.3 is 0 Å². The lowest BCUT2D eigenvalue weighted by atomic mass is 9.92. The molecular formula is C81H98N10O15. The first-order valence-electron chi connectivity index (χ1n) is 37.1. The summed E-state index contributed by atoms with van der Waals surface area (Å²) in [7, 11) is 1.50. The molecule has 0 aliphatic carbocycles. The average molecular weight is 1450 g/mol. The highest BCUT2D eigenvalue weighted by atomic mass is 16.5. The molecular weight excluding hydrogens is 1350 g/mol. The first-order valence-corrected chi connectivity index (χ1v) is 37.1. The SMILES string of the molecule is COc1cc2c(cc1OCCCOc1cc3c(cc1C)C(=O)N1C=C(c4ccc(NC(=O)[C@H](C)CC(=O)[C@@H](NC(=O)CCCCCN5C(=O)CC(C)C5=O)C(C)C)cc4)C[C@H]1C=N3)N=C[C@@H]1CC(c3ccc(NC(=O)[C@H](C)CC(=O)[C@@H](NC(=O)CCCCCN4C(=O)CC(C)C4=O)C(C)C)cc3)=CN1C2=O.